The van der Waals surface area contributed by atoms with E-state index in [2.05, 4.69) is 5.32 Å². The van der Waals surface area contributed by atoms with Crippen LogP contribution in [-0.4, -0.2) is 65.2 Å². The second kappa shape index (κ2) is 9.60. The van der Waals surface area contributed by atoms with E-state index in [-0.39, 0.29) is 23.6 Å². The van der Waals surface area contributed by atoms with E-state index >= 15 is 0 Å². The molecule has 0 aliphatic carbocycles. The van der Waals surface area contributed by atoms with Gasteiger partial charge in [0.05, 0.1) is 11.8 Å². The molecule has 1 N–H and O–H groups in total. The maximum Gasteiger partial charge on any atom is 0.257 e. The Kier molecular flexibility index (Phi) is 6.65. The monoisotopic (exact) mass is 441 g/mol. The Bertz CT molecular complexity index is 946. The maximum atomic E-state index is 12.8. The largest absolute Gasteiger partial charge is 0.472 e. The number of aryl methyl sites for hydroxylation is 1. The standard InChI is InChI=1S/C23H27N3O4S/c1-16-14-18(22(28)26-9-12-31-13-10-26)2-3-20(16)24-21(27)17-4-7-25(8-5-17)23(29)19-6-11-30-15-19/h2-3,6,11,14-15,17H,4-5,7-10,12-13H2,1H3,(H,24,27). The zero-order valence-electron chi connectivity index (χ0n) is 17.6. The molecule has 2 saturated heterocycles. The molecule has 2 fully saturated rings. The van der Waals surface area contributed by atoms with Gasteiger partial charge in [0, 0.05) is 54.9 Å². The van der Waals surface area contributed by atoms with Crippen molar-refractivity contribution in [3.63, 3.8) is 0 Å². The van der Waals surface area contributed by atoms with E-state index in [1.54, 1.807) is 17.0 Å². The van der Waals surface area contributed by atoms with Gasteiger partial charge in [0.1, 0.15) is 6.26 Å². The topological polar surface area (TPSA) is 82.9 Å². The molecule has 0 radical (unpaired) electrons. The summed E-state index contributed by atoms with van der Waals surface area (Å²) in [5.74, 6) is 1.77. The first-order chi connectivity index (χ1) is 15.0. The fourth-order valence-corrected chi connectivity index (χ4v) is 4.94. The highest BCUT2D eigenvalue weighted by atomic mass is 32.2. The van der Waals surface area contributed by atoms with Crippen LogP contribution in [-0.2, 0) is 4.79 Å². The molecule has 1 aromatic heterocycles. The van der Waals surface area contributed by atoms with Crippen LogP contribution in [0.15, 0.2) is 41.2 Å². The predicted molar refractivity (Wildman–Crippen MR) is 120 cm³/mol. The van der Waals surface area contributed by atoms with Crippen LogP contribution < -0.4 is 5.32 Å². The van der Waals surface area contributed by atoms with Crippen molar-refractivity contribution in [1.82, 2.24) is 9.80 Å². The van der Waals surface area contributed by atoms with Crippen molar-refractivity contribution in [3.05, 3.63) is 53.5 Å². The number of likely N-dealkylation sites (tertiary alicyclic amines) is 1. The number of furan rings is 1. The van der Waals surface area contributed by atoms with Crippen LogP contribution in [0.5, 0.6) is 0 Å². The maximum absolute atomic E-state index is 12.8. The van der Waals surface area contributed by atoms with E-state index in [4.69, 9.17) is 4.42 Å². The third-order valence-corrected chi connectivity index (χ3v) is 6.89. The van der Waals surface area contributed by atoms with Crippen LogP contribution in [0, 0.1) is 12.8 Å². The number of rotatable bonds is 4. The molecule has 2 aliphatic heterocycles. The van der Waals surface area contributed by atoms with E-state index in [1.165, 1.54) is 12.5 Å². The SMILES string of the molecule is Cc1cc(C(=O)N2CCSCC2)ccc1NC(=O)C1CCN(C(=O)c2ccoc2)CC1. The number of benzene rings is 1. The summed E-state index contributed by atoms with van der Waals surface area (Å²) in [7, 11) is 0. The third-order valence-electron chi connectivity index (χ3n) is 5.95. The Balaban J connectivity index is 1.32. The Morgan fingerprint density at radius 2 is 1.65 bits per heavy atom. The number of hydrogen-bond donors (Lipinski definition) is 1. The van der Waals surface area contributed by atoms with Gasteiger partial charge in [-0.25, -0.2) is 0 Å². The summed E-state index contributed by atoms with van der Waals surface area (Å²) >= 11 is 1.87. The Morgan fingerprint density at radius 3 is 2.29 bits per heavy atom. The van der Waals surface area contributed by atoms with Crippen LogP contribution in [0.3, 0.4) is 0 Å². The quantitative estimate of drug-likeness (QED) is 0.787. The number of carbonyl (C=O) groups is 3. The van der Waals surface area contributed by atoms with Gasteiger partial charge in [0.2, 0.25) is 5.91 Å². The highest BCUT2D eigenvalue weighted by molar-refractivity contribution is 7.99. The summed E-state index contributed by atoms with van der Waals surface area (Å²) in [5.41, 5.74) is 2.80. The molecule has 0 atom stereocenters. The van der Waals surface area contributed by atoms with E-state index in [9.17, 15) is 14.4 Å². The number of piperidine rings is 1. The number of carbonyl (C=O) groups excluding carboxylic acids is 3. The summed E-state index contributed by atoms with van der Waals surface area (Å²) < 4.78 is 4.98. The van der Waals surface area contributed by atoms with Crippen LogP contribution in [0.1, 0.15) is 39.1 Å². The van der Waals surface area contributed by atoms with Crippen LogP contribution in [0.25, 0.3) is 0 Å². The van der Waals surface area contributed by atoms with Gasteiger partial charge < -0.3 is 19.5 Å². The molecule has 4 rings (SSSR count). The first kappa shape index (κ1) is 21.5. The van der Waals surface area contributed by atoms with Gasteiger partial charge in [-0.3, -0.25) is 14.4 Å². The van der Waals surface area contributed by atoms with Crippen molar-refractivity contribution in [2.75, 3.05) is 43.0 Å². The lowest BCUT2D eigenvalue weighted by Crippen LogP contribution is -2.41. The van der Waals surface area contributed by atoms with Gasteiger partial charge >= 0.3 is 0 Å². The average Bonchev–Trinajstić information content (AvgIpc) is 3.35. The minimum atomic E-state index is -0.139. The van der Waals surface area contributed by atoms with E-state index in [1.807, 2.05) is 35.7 Å². The molecule has 164 valence electrons. The molecule has 0 unspecified atom stereocenters. The highest BCUT2D eigenvalue weighted by Crippen LogP contribution is 2.24. The molecule has 3 amide bonds. The number of nitrogens with zero attached hydrogens (tertiary/aromatic N) is 2. The summed E-state index contributed by atoms with van der Waals surface area (Å²) in [6, 6.07) is 7.12. The molecular formula is C23H27N3O4S. The van der Waals surface area contributed by atoms with Gasteiger partial charge in [-0.15, -0.1) is 0 Å². The molecule has 7 nitrogen and oxygen atoms in total. The van der Waals surface area contributed by atoms with Crippen molar-refractivity contribution in [2.24, 2.45) is 5.92 Å². The van der Waals surface area contributed by atoms with Gasteiger partial charge in [0.25, 0.3) is 11.8 Å². The zero-order valence-corrected chi connectivity index (χ0v) is 18.5. The third kappa shape index (κ3) is 4.95. The lowest BCUT2D eigenvalue weighted by Gasteiger charge is -2.31. The van der Waals surface area contributed by atoms with Gasteiger partial charge in [0.15, 0.2) is 0 Å². The summed E-state index contributed by atoms with van der Waals surface area (Å²) in [6.07, 6.45) is 4.18. The van der Waals surface area contributed by atoms with Crippen molar-refractivity contribution in [2.45, 2.75) is 19.8 Å². The van der Waals surface area contributed by atoms with Crippen molar-refractivity contribution >= 4 is 35.2 Å². The minimum Gasteiger partial charge on any atom is -0.472 e. The van der Waals surface area contributed by atoms with Gasteiger partial charge in [-0.1, -0.05) is 0 Å². The van der Waals surface area contributed by atoms with Crippen LogP contribution in [0.4, 0.5) is 5.69 Å². The first-order valence-corrected chi connectivity index (χ1v) is 11.8. The molecule has 0 spiro atoms. The lowest BCUT2D eigenvalue weighted by atomic mass is 9.95. The van der Waals surface area contributed by atoms with E-state index < -0.39 is 0 Å². The van der Waals surface area contributed by atoms with Crippen molar-refractivity contribution in [3.8, 4) is 0 Å². The average molecular weight is 442 g/mol. The van der Waals surface area contributed by atoms with Crippen LogP contribution >= 0.6 is 11.8 Å². The van der Waals surface area contributed by atoms with Gasteiger partial charge in [-0.2, -0.15) is 11.8 Å². The normalized spacial score (nSPS) is 17.5. The second-order valence-corrected chi connectivity index (χ2v) is 9.23. The number of anilines is 1. The van der Waals surface area contributed by atoms with E-state index in [0.717, 1.165) is 35.8 Å². The lowest BCUT2D eigenvalue weighted by molar-refractivity contribution is -0.121. The molecule has 2 aliphatic rings. The fourth-order valence-electron chi connectivity index (χ4n) is 4.03. The predicted octanol–water partition coefficient (Wildman–Crippen LogP) is 3.27. The number of nitrogens with one attached hydrogen (secondary N) is 1. The molecule has 2 aromatic rings. The van der Waals surface area contributed by atoms with Gasteiger partial charge in [-0.05, 0) is 49.6 Å². The van der Waals surface area contributed by atoms with Crippen molar-refractivity contribution in [1.29, 1.82) is 0 Å². The number of hydrogen-bond acceptors (Lipinski definition) is 5. The van der Waals surface area contributed by atoms with Crippen LogP contribution in [0.2, 0.25) is 0 Å². The highest BCUT2D eigenvalue weighted by Gasteiger charge is 2.28. The molecule has 0 saturated carbocycles. The second-order valence-electron chi connectivity index (χ2n) is 8.00. The number of thioether (sulfide) groups is 1. The fraction of sp³-hybridized carbons (Fsp3) is 0.435. The minimum absolute atomic E-state index is 0.0364. The molecule has 0 bridgehead atoms. The molecule has 31 heavy (non-hydrogen) atoms. The molecule has 3 heterocycles. The summed E-state index contributed by atoms with van der Waals surface area (Å²) in [5, 5.41) is 3.01. The van der Waals surface area contributed by atoms with E-state index in [0.29, 0.717) is 37.1 Å². The molecular weight excluding hydrogens is 414 g/mol. The smallest absolute Gasteiger partial charge is 0.257 e. The van der Waals surface area contributed by atoms with Crippen molar-refractivity contribution < 1.29 is 18.8 Å². The Morgan fingerprint density at radius 1 is 0.968 bits per heavy atom. The zero-order chi connectivity index (χ0) is 21.8. The molecule has 1 aromatic carbocycles. The first-order valence-electron chi connectivity index (χ1n) is 10.6. The number of amides is 3. The Labute approximate surface area is 186 Å². The molecule has 8 heteroatoms. The summed E-state index contributed by atoms with van der Waals surface area (Å²) in [4.78, 5) is 41.5. The Hall–Kier alpha value is -2.74. The summed E-state index contributed by atoms with van der Waals surface area (Å²) in [6.45, 7) is 4.56.